The molecule has 0 saturated carbocycles. The molecule has 0 unspecified atom stereocenters. The van der Waals surface area contributed by atoms with E-state index in [-0.39, 0.29) is 18.9 Å². The van der Waals surface area contributed by atoms with Gasteiger partial charge in [0, 0.05) is 18.3 Å². The molecular formula is C25H24N2O4. The van der Waals surface area contributed by atoms with Gasteiger partial charge in [0.25, 0.3) is 0 Å². The number of fused-ring (bicyclic) bond motifs is 3. The van der Waals surface area contributed by atoms with Crippen LogP contribution < -0.4 is 5.32 Å². The van der Waals surface area contributed by atoms with E-state index in [1.54, 1.807) is 12.4 Å². The van der Waals surface area contributed by atoms with Gasteiger partial charge in [0.15, 0.2) is 0 Å². The summed E-state index contributed by atoms with van der Waals surface area (Å²) < 4.78 is 5.47. The Kier molecular flexibility index (Phi) is 5.98. The number of nitrogens with one attached hydrogen (secondary N) is 1. The molecule has 0 aliphatic heterocycles. The quantitative estimate of drug-likeness (QED) is 0.599. The predicted molar refractivity (Wildman–Crippen MR) is 117 cm³/mol. The van der Waals surface area contributed by atoms with E-state index in [0.717, 1.165) is 33.4 Å². The zero-order valence-electron chi connectivity index (χ0n) is 17.2. The predicted octanol–water partition coefficient (Wildman–Crippen LogP) is 4.31. The van der Waals surface area contributed by atoms with E-state index in [4.69, 9.17) is 4.74 Å². The van der Waals surface area contributed by atoms with Crippen LogP contribution in [0, 0.1) is 6.92 Å². The normalized spacial score (nSPS) is 13.2. The van der Waals surface area contributed by atoms with Crippen LogP contribution in [0.15, 0.2) is 67.0 Å². The highest BCUT2D eigenvalue weighted by molar-refractivity contribution is 5.81. The number of benzene rings is 2. The second-order valence-corrected chi connectivity index (χ2v) is 7.77. The fraction of sp³-hybridized carbons (Fsp3) is 0.240. The van der Waals surface area contributed by atoms with Gasteiger partial charge >= 0.3 is 12.1 Å². The Morgan fingerprint density at radius 3 is 2.32 bits per heavy atom. The van der Waals surface area contributed by atoms with Crippen molar-refractivity contribution in [3.05, 3.63) is 89.2 Å². The van der Waals surface area contributed by atoms with Gasteiger partial charge in [-0.2, -0.15) is 0 Å². The first-order chi connectivity index (χ1) is 15.0. The maximum atomic E-state index is 12.4. The molecule has 1 aliphatic rings. The fourth-order valence-electron chi connectivity index (χ4n) is 4.10. The molecule has 1 atom stereocenters. The van der Waals surface area contributed by atoms with E-state index < -0.39 is 18.1 Å². The Balaban J connectivity index is 1.38. The molecule has 2 aromatic carbocycles. The molecule has 3 aromatic rings. The van der Waals surface area contributed by atoms with Gasteiger partial charge < -0.3 is 15.2 Å². The van der Waals surface area contributed by atoms with Gasteiger partial charge in [0.2, 0.25) is 0 Å². The van der Waals surface area contributed by atoms with Crippen molar-refractivity contribution >= 4 is 12.1 Å². The van der Waals surface area contributed by atoms with Crippen molar-refractivity contribution in [3.63, 3.8) is 0 Å². The van der Waals surface area contributed by atoms with Crippen LogP contribution in [0.1, 0.15) is 34.6 Å². The third-order valence-electron chi connectivity index (χ3n) is 5.59. The third-order valence-corrected chi connectivity index (χ3v) is 5.59. The Bertz CT molecular complexity index is 1070. The number of carboxylic acid groups (broad SMARTS) is 1. The molecule has 6 heteroatoms. The van der Waals surface area contributed by atoms with E-state index in [0.29, 0.717) is 6.42 Å². The first-order valence-electron chi connectivity index (χ1n) is 10.3. The minimum Gasteiger partial charge on any atom is -0.480 e. The van der Waals surface area contributed by atoms with Crippen molar-refractivity contribution in [2.45, 2.75) is 31.7 Å². The number of nitrogens with zero attached hydrogens (tertiary/aromatic N) is 1. The van der Waals surface area contributed by atoms with E-state index >= 15 is 0 Å². The highest BCUT2D eigenvalue weighted by Crippen LogP contribution is 2.44. The van der Waals surface area contributed by atoms with E-state index in [1.165, 1.54) is 0 Å². The lowest BCUT2D eigenvalue weighted by Gasteiger charge is -2.17. The summed E-state index contributed by atoms with van der Waals surface area (Å²) in [6.07, 6.45) is 3.48. The number of carboxylic acids is 1. The third kappa shape index (κ3) is 4.58. The highest BCUT2D eigenvalue weighted by Gasteiger charge is 2.29. The Morgan fingerprint density at radius 2 is 1.71 bits per heavy atom. The molecule has 0 saturated heterocycles. The maximum Gasteiger partial charge on any atom is 0.407 e. The lowest BCUT2D eigenvalue weighted by Crippen LogP contribution is -2.41. The minimum atomic E-state index is -1.09. The number of amides is 1. The number of aryl methyl sites for hydroxylation is 2. The summed E-state index contributed by atoms with van der Waals surface area (Å²) in [5.74, 6) is -1.16. The number of aromatic nitrogens is 1. The first-order valence-corrected chi connectivity index (χ1v) is 10.3. The molecule has 0 bridgehead atoms. The van der Waals surface area contributed by atoms with Crippen molar-refractivity contribution in [2.75, 3.05) is 6.61 Å². The van der Waals surface area contributed by atoms with E-state index in [2.05, 4.69) is 22.4 Å². The number of alkyl carbamates (subject to hydrolysis) is 1. The Hall–Kier alpha value is -3.67. The van der Waals surface area contributed by atoms with Gasteiger partial charge in [0.1, 0.15) is 12.6 Å². The van der Waals surface area contributed by atoms with Gasteiger partial charge in [-0.25, -0.2) is 9.59 Å². The van der Waals surface area contributed by atoms with Gasteiger partial charge in [-0.1, -0.05) is 54.6 Å². The number of rotatable bonds is 7. The molecule has 158 valence electrons. The number of carbonyl (C=O) groups excluding carboxylic acids is 1. The maximum absolute atomic E-state index is 12.4. The summed E-state index contributed by atoms with van der Waals surface area (Å²) in [6, 6.07) is 17.1. The fourth-order valence-corrected chi connectivity index (χ4v) is 4.10. The molecule has 1 aliphatic carbocycles. The van der Waals surface area contributed by atoms with Crippen LogP contribution in [0.4, 0.5) is 4.79 Å². The van der Waals surface area contributed by atoms with Crippen LogP contribution in [-0.2, 0) is 16.0 Å². The average Bonchev–Trinajstić information content (AvgIpc) is 3.09. The number of pyridine rings is 1. The van der Waals surface area contributed by atoms with Crippen molar-refractivity contribution in [3.8, 4) is 11.1 Å². The van der Waals surface area contributed by atoms with Crippen LogP contribution >= 0.6 is 0 Å². The lowest BCUT2D eigenvalue weighted by atomic mass is 9.98. The summed E-state index contributed by atoms with van der Waals surface area (Å²) in [6.45, 7) is 2.08. The lowest BCUT2D eigenvalue weighted by molar-refractivity contribution is -0.139. The summed E-state index contributed by atoms with van der Waals surface area (Å²) in [4.78, 5) is 28.1. The smallest absolute Gasteiger partial charge is 0.407 e. The van der Waals surface area contributed by atoms with Crippen LogP contribution in [-0.4, -0.2) is 34.8 Å². The van der Waals surface area contributed by atoms with Crippen molar-refractivity contribution in [1.29, 1.82) is 0 Å². The highest BCUT2D eigenvalue weighted by atomic mass is 16.5. The number of aliphatic carboxylic acids is 1. The monoisotopic (exact) mass is 416 g/mol. The largest absolute Gasteiger partial charge is 0.480 e. The zero-order chi connectivity index (χ0) is 21.8. The molecule has 4 rings (SSSR count). The van der Waals surface area contributed by atoms with E-state index in [9.17, 15) is 14.7 Å². The summed E-state index contributed by atoms with van der Waals surface area (Å²) in [7, 11) is 0. The summed E-state index contributed by atoms with van der Waals surface area (Å²) in [5.41, 5.74) is 6.44. The molecule has 31 heavy (non-hydrogen) atoms. The number of ether oxygens (including phenoxy) is 1. The van der Waals surface area contributed by atoms with Gasteiger partial charge in [0.05, 0.1) is 0 Å². The Labute approximate surface area is 180 Å². The van der Waals surface area contributed by atoms with Crippen LogP contribution in [0.2, 0.25) is 0 Å². The Morgan fingerprint density at radius 1 is 1.06 bits per heavy atom. The molecule has 6 nitrogen and oxygen atoms in total. The van der Waals surface area contributed by atoms with Crippen molar-refractivity contribution < 1.29 is 19.4 Å². The number of hydrogen-bond acceptors (Lipinski definition) is 4. The van der Waals surface area contributed by atoms with Crippen molar-refractivity contribution in [2.24, 2.45) is 0 Å². The molecular weight excluding hydrogens is 392 g/mol. The van der Waals surface area contributed by atoms with Crippen LogP contribution in [0.25, 0.3) is 11.1 Å². The molecule has 1 aromatic heterocycles. The second kappa shape index (κ2) is 9.00. The van der Waals surface area contributed by atoms with Gasteiger partial charge in [-0.3, -0.25) is 4.98 Å². The van der Waals surface area contributed by atoms with Gasteiger partial charge in [-0.05, 0) is 53.1 Å². The molecule has 0 spiro atoms. The molecule has 2 N–H and O–H groups in total. The number of hydrogen-bond donors (Lipinski definition) is 2. The second-order valence-electron chi connectivity index (χ2n) is 7.77. The standard InChI is InChI=1S/C25H24N2O4/c1-16-12-17(14-26-13-16)10-11-23(24(28)29)27-25(30)31-15-22-20-8-4-2-6-18(20)19-7-3-5-9-21(19)22/h2-9,12-14,22-23H,10-11,15H2,1H3,(H,27,30)(H,28,29)/t23-/m0/s1. The SMILES string of the molecule is Cc1cncc(CC[C@H](NC(=O)OCC2c3ccccc3-c3ccccc32)C(=O)O)c1. The minimum absolute atomic E-state index is 0.0696. The molecule has 1 amide bonds. The van der Waals surface area contributed by atoms with Gasteiger partial charge in [-0.15, -0.1) is 0 Å². The van der Waals surface area contributed by atoms with E-state index in [1.807, 2.05) is 49.4 Å². The van der Waals surface area contributed by atoms with Crippen LogP contribution in [0.3, 0.4) is 0 Å². The summed E-state index contributed by atoms with van der Waals surface area (Å²) in [5, 5.41) is 12.0. The van der Waals surface area contributed by atoms with Crippen LogP contribution in [0.5, 0.6) is 0 Å². The van der Waals surface area contributed by atoms with Crippen molar-refractivity contribution in [1.82, 2.24) is 10.3 Å². The first kappa shape index (κ1) is 20.6. The summed E-state index contributed by atoms with van der Waals surface area (Å²) >= 11 is 0. The zero-order valence-corrected chi connectivity index (χ0v) is 17.2. The average molecular weight is 416 g/mol. The number of carbonyl (C=O) groups is 2. The molecule has 1 heterocycles. The molecule has 0 fully saturated rings. The topological polar surface area (TPSA) is 88.5 Å². The molecule has 0 radical (unpaired) electrons.